The largest absolute Gasteiger partial charge is 0.326 e. The lowest BCUT2D eigenvalue weighted by Gasteiger charge is -2.03. The molecule has 0 N–H and O–H groups in total. The molecule has 0 aliphatic rings. The van der Waals surface area contributed by atoms with Crippen molar-refractivity contribution in [3.63, 3.8) is 0 Å². The molecule has 0 amide bonds. The van der Waals surface area contributed by atoms with Crippen molar-refractivity contribution in [3.8, 4) is 0 Å². The number of nitrogens with zero attached hydrogens (tertiary/aromatic N) is 2. The van der Waals surface area contributed by atoms with Crippen LogP contribution in [0.4, 0.5) is 0 Å². The molecule has 0 unspecified atom stereocenters. The van der Waals surface area contributed by atoms with E-state index in [1.807, 2.05) is 19.1 Å². The maximum atomic E-state index is 5.85. The number of benzene rings is 1. The molecule has 90 valence electrons. The molecule has 0 spiro atoms. The highest BCUT2D eigenvalue weighted by atomic mass is 35.5. The fourth-order valence-corrected chi connectivity index (χ4v) is 2.69. The van der Waals surface area contributed by atoms with E-state index in [2.05, 4.69) is 35.7 Å². The lowest BCUT2D eigenvalue weighted by molar-refractivity contribution is 0.765. The first-order valence-electron chi connectivity index (χ1n) is 5.45. The fourth-order valence-electron chi connectivity index (χ4n) is 1.54. The van der Waals surface area contributed by atoms with Crippen LogP contribution in [0.1, 0.15) is 17.0 Å². The molecular weight excluding hydrogens is 252 g/mol. The summed E-state index contributed by atoms with van der Waals surface area (Å²) in [5.74, 6) is 0.918. The number of thioether (sulfide) groups is 1. The van der Waals surface area contributed by atoms with E-state index < -0.39 is 0 Å². The highest BCUT2D eigenvalue weighted by molar-refractivity contribution is 7.98. The van der Waals surface area contributed by atoms with Crippen LogP contribution >= 0.6 is 23.4 Å². The first-order valence-corrected chi connectivity index (χ1v) is 6.81. The van der Waals surface area contributed by atoms with E-state index in [-0.39, 0.29) is 0 Å². The van der Waals surface area contributed by atoms with Gasteiger partial charge < -0.3 is 4.57 Å². The number of rotatable bonds is 3. The van der Waals surface area contributed by atoms with Crippen molar-refractivity contribution in [3.05, 3.63) is 46.2 Å². The zero-order valence-corrected chi connectivity index (χ0v) is 11.8. The lowest BCUT2D eigenvalue weighted by atomic mass is 10.2. The van der Waals surface area contributed by atoms with Crippen LogP contribution in [0.5, 0.6) is 0 Å². The predicted octanol–water partition coefficient (Wildman–Crippen LogP) is 3.98. The molecule has 0 fully saturated rings. The molecule has 4 heteroatoms. The summed E-state index contributed by atoms with van der Waals surface area (Å²) in [7, 11) is 2.06. The van der Waals surface area contributed by atoms with E-state index >= 15 is 0 Å². The van der Waals surface area contributed by atoms with Gasteiger partial charge >= 0.3 is 0 Å². The molecular formula is C13H15ClN2S. The summed E-state index contributed by atoms with van der Waals surface area (Å²) in [6.45, 7) is 4.14. The Labute approximate surface area is 111 Å². The Kier molecular flexibility index (Phi) is 3.79. The first kappa shape index (κ1) is 12.5. The second kappa shape index (κ2) is 5.15. The molecule has 17 heavy (non-hydrogen) atoms. The molecule has 1 aromatic carbocycles. The van der Waals surface area contributed by atoms with E-state index in [9.17, 15) is 0 Å². The van der Waals surface area contributed by atoms with Crippen LogP contribution in [0.25, 0.3) is 0 Å². The van der Waals surface area contributed by atoms with Gasteiger partial charge in [0.1, 0.15) is 0 Å². The summed E-state index contributed by atoms with van der Waals surface area (Å²) in [5, 5.41) is 1.84. The van der Waals surface area contributed by atoms with Gasteiger partial charge in [-0.15, -0.1) is 0 Å². The van der Waals surface area contributed by atoms with E-state index in [1.165, 1.54) is 11.3 Å². The Morgan fingerprint density at radius 1 is 1.24 bits per heavy atom. The molecule has 0 aliphatic carbocycles. The van der Waals surface area contributed by atoms with Crippen molar-refractivity contribution in [2.24, 2.45) is 7.05 Å². The number of hydrogen-bond donors (Lipinski definition) is 0. The van der Waals surface area contributed by atoms with E-state index in [1.54, 1.807) is 11.8 Å². The average molecular weight is 267 g/mol. The minimum atomic E-state index is 0.780. The van der Waals surface area contributed by atoms with Gasteiger partial charge in [0.25, 0.3) is 0 Å². The maximum Gasteiger partial charge on any atom is 0.168 e. The molecule has 2 aromatic rings. The van der Waals surface area contributed by atoms with E-state index in [0.29, 0.717) is 0 Å². The third-order valence-electron chi connectivity index (χ3n) is 2.86. The minimum absolute atomic E-state index is 0.780. The van der Waals surface area contributed by atoms with Gasteiger partial charge in [0.2, 0.25) is 0 Å². The van der Waals surface area contributed by atoms with Gasteiger partial charge in [-0.3, -0.25) is 0 Å². The summed E-state index contributed by atoms with van der Waals surface area (Å²) >= 11 is 7.60. The molecule has 0 bridgehead atoms. The Balaban J connectivity index is 2.07. The van der Waals surface area contributed by atoms with Gasteiger partial charge in [-0.05, 0) is 31.5 Å². The third kappa shape index (κ3) is 2.85. The van der Waals surface area contributed by atoms with Crippen molar-refractivity contribution in [2.75, 3.05) is 0 Å². The molecule has 0 saturated carbocycles. The number of aromatic nitrogens is 2. The summed E-state index contributed by atoms with van der Waals surface area (Å²) in [4.78, 5) is 4.54. The van der Waals surface area contributed by atoms with Crippen LogP contribution in [0.2, 0.25) is 5.02 Å². The summed E-state index contributed by atoms with van der Waals surface area (Å²) < 4.78 is 2.13. The number of hydrogen-bond acceptors (Lipinski definition) is 2. The standard InChI is InChI=1S/C13H15ClN2S/c1-9-10(2)16(3)13(15-9)17-8-11-4-6-12(14)7-5-11/h4-7H,8H2,1-3H3. The number of aryl methyl sites for hydroxylation is 1. The second-order valence-electron chi connectivity index (χ2n) is 4.04. The third-order valence-corrected chi connectivity index (χ3v) is 4.21. The average Bonchev–Trinajstić information content (AvgIpc) is 2.56. The Hall–Kier alpha value is -0.930. The first-order chi connectivity index (χ1) is 8.08. The predicted molar refractivity (Wildman–Crippen MR) is 73.7 cm³/mol. The van der Waals surface area contributed by atoms with Crippen LogP contribution in [-0.4, -0.2) is 9.55 Å². The van der Waals surface area contributed by atoms with Gasteiger partial charge in [-0.1, -0.05) is 35.5 Å². The highest BCUT2D eigenvalue weighted by Gasteiger charge is 2.07. The van der Waals surface area contributed by atoms with Crippen molar-refractivity contribution >= 4 is 23.4 Å². The molecule has 0 atom stereocenters. The number of imidazole rings is 1. The van der Waals surface area contributed by atoms with E-state index in [0.717, 1.165) is 21.6 Å². The van der Waals surface area contributed by atoms with Gasteiger partial charge in [0.05, 0.1) is 5.69 Å². The zero-order chi connectivity index (χ0) is 12.4. The van der Waals surface area contributed by atoms with Crippen LogP contribution in [0.15, 0.2) is 29.4 Å². The topological polar surface area (TPSA) is 17.8 Å². The Morgan fingerprint density at radius 3 is 2.41 bits per heavy atom. The Bertz CT molecular complexity index is 517. The highest BCUT2D eigenvalue weighted by Crippen LogP contribution is 2.24. The normalized spacial score (nSPS) is 10.8. The number of halogens is 1. The molecule has 2 rings (SSSR count). The molecule has 1 aromatic heterocycles. The van der Waals surface area contributed by atoms with Crippen molar-refractivity contribution < 1.29 is 0 Å². The summed E-state index contributed by atoms with van der Waals surface area (Å²) in [6, 6.07) is 7.95. The summed E-state index contributed by atoms with van der Waals surface area (Å²) in [6.07, 6.45) is 0. The zero-order valence-electron chi connectivity index (χ0n) is 10.2. The van der Waals surface area contributed by atoms with Crippen molar-refractivity contribution in [1.29, 1.82) is 0 Å². The van der Waals surface area contributed by atoms with Crippen LogP contribution in [0.3, 0.4) is 0 Å². The molecule has 0 aliphatic heterocycles. The smallest absolute Gasteiger partial charge is 0.168 e. The van der Waals surface area contributed by atoms with Gasteiger partial charge in [0, 0.05) is 23.5 Å². The van der Waals surface area contributed by atoms with Gasteiger partial charge in [0.15, 0.2) is 5.16 Å². The van der Waals surface area contributed by atoms with Crippen LogP contribution < -0.4 is 0 Å². The van der Waals surface area contributed by atoms with Crippen LogP contribution in [0, 0.1) is 13.8 Å². The molecule has 0 radical (unpaired) electrons. The second-order valence-corrected chi connectivity index (χ2v) is 5.42. The maximum absolute atomic E-state index is 5.85. The molecule has 2 nitrogen and oxygen atoms in total. The SMILES string of the molecule is Cc1nc(SCc2ccc(Cl)cc2)n(C)c1C. The van der Waals surface area contributed by atoms with Crippen LogP contribution in [-0.2, 0) is 12.8 Å². The van der Waals surface area contributed by atoms with Crippen molar-refractivity contribution in [2.45, 2.75) is 24.8 Å². The minimum Gasteiger partial charge on any atom is -0.326 e. The quantitative estimate of drug-likeness (QED) is 0.782. The Morgan fingerprint density at radius 2 is 1.88 bits per heavy atom. The van der Waals surface area contributed by atoms with Gasteiger partial charge in [-0.2, -0.15) is 0 Å². The molecule has 1 heterocycles. The van der Waals surface area contributed by atoms with Gasteiger partial charge in [-0.25, -0.2) is 4.98 Å². The molecule has 0 saturated heterocycles. The lowest BCUT2D eigenvalue weighted by Crippen LogP contribution is -1.93. The van der Waals surface area contributed by atoms with E-state index in [4.69, 9.17) is 11.6 Å². The summed E-state index contributed by atoms with van der Waals surface area (Å²) in [5.41, 5.74) is 3.59. The van der Waals surface area contributed by atoms with Crippen molar-refractivity contribution in [1.82, 2.24) is 9.55 Å². The monoisotopic (exact) mass is 266 g/mol. The fraction of sp³-hybridized carbons (Fsp3) is 0.308.